The van der Waals surface area contributed by atoms with E-state index in [-0.39, 0.29) is 48.9 Å². The fourth-order valence-corrected chi connectivity index (χ4v) is 5.84. The zero-order valence-corrected chi connectivity index (χ0v) is 20.4. The molecule has 0 amide bonds. The molecule has 0 fully saturated rings. The molecule has 0 bridgehead atoms. The third-order valence-corrected chi connectivity index (χ3v) is 9.25. The van der Waals surface area contributed by atoms with Gasteiger partial charge in [-0.3, -0.25) is 0 Å². The molecule has 0 heterocycles. The molecule has 0 saturated carbocycles. The van der Waals surface area contributed by atoms with Gasteiger partial charge in [0, 0.05) is 0 Å². The largest absolute Gasteiger partial charge is 2.00 e. The van der Waals surface area contributed by atoms with Crippen LogP contribution in [-0.2, 0) is 62.6 Å². The van der Waals surface area contributed by atoms with Gasteiger partial charge in [-0.1, -0.05) is 0 Å². The smallest absolute Gasteiger partial charge is 2.00 e. The van der Waals surface area contributed by atoms with Crippen LogP contribution in [-0.4, -0.2) is 68.5 Å². The molecular weight excluding hydrogens is 791 g/mol. The minimum absolute atomic E-state index is 0. The van der Waals surface area contributed by atoms with Crippen LogP contribution < -0.4 is 7.52 Å². The van der Waals surface area contributed by atoms with E-state index < -0.39 is 49.1 Å². The molecule has 0 aromatic carbocycles. The second-order valence-corrected chi connectivity index (χ2v) is 13.3. The predicted octanol–water partition coefficient (Wildman–Crippen LogP) is -4.12. The van der Waals surface area contributed by atoms with E-state index in [0.717, 1.165) is 0 Å². The third kappa shape index (κ3) is 33.2. The third-order valence-electron chi connectivity index (χ3n) is 0.377. The molecule has 0 spiro atoms. The Balaban J connectivity index is -0.000000256. The van der Waals surface area contributed by atoms with Gasteiger partial charge < -0.3 is 0 Å². The molecule has 0 atom stereocenters. The van der Waals surface area contributed by atoms with Gasteiger partial charge in [-0.15, -0.1) is 0 Å². The molecule has 4 N–H and O–H groups in total. The van der Waals surface area contributed by atoms with Crippen LogP contribution in [0.25, 0.3) is 0 Å². The van der Waals surface area contributed by atoms with Crippen LogP contribution >= 0.6 is 15.6 Å². The van der Waals surface area contributed by atoms with Crippen LogP contribution in [0.15, 0.2) is 0 Å². The summed E-state index contributed by atoms with van der Waals surface area (Å²) in [6.45, 7) is 0. The Labute approximate surface area is 152 Å². The fourth-order valence-electron chi connectivity index (χ4n) is 0.238. The molecule has 0 radical (unpaired) electrons. The molecule has 14 nitrogen and oxygen atoms in total. The molecular formula is H4BaO14P2W2. The van der Waals surface area contributed by atoms with Gasteiger partial charge in [-0.25, -0.2) is 0 Å². The van der Waals surface area contributed by atoms with Crippen molar-refractivity contribution in [3.8, 4) is 0 Å². The van der Waals surface area contributed by atoms with Crippen molar-refractivity contribution >= 4 is 64.5 Å². The SMILES string of the molecule is O=P(O)(O)[O][W](=[O])(=[O])[O-].O=P(O)(O)[O][W](=[O])(=[O])[O-].[Ba+2]. The van der Waals surface area contributed by atoms with Gasteiger partial charge in [0.05, 0.1) is 0 Å². The van der Waals surface area contributed by atoms with E-state index in [1.54, 1.807) is 0 Å². The molecule has 0 aliphatic carbocycles. The number of hydrogen-bond donors (Lipinski definition) is 4. The standard InChI is InChI=1S/Ba.2H3O4P.6O.2W/c;2*1-5(2,3)4;;;;;;;;/h;2*(H3,1,2,3,4);;;;;;;;/q+2;;;;;;;2*-1;2*+1/p-2. The van der Waals surface area contributed by atoms with Crippen molar-refractivity contribution in [1.82, 2.24) is 0 Å². The topological polar surface area (TPSA) is 248 Å². The Kier molecular flexibility index (Phi) is 13.0. The van der Waals surface area contributed by atoms with E-state index in [4.69, 9.17) is 19.6 Å². The number of rotatable bonds is 4. The Hall–Kier alpha value is 2.29. The van der Waals surface area contributed by atoms with Gasteiger partial charge in [-0.05, 0) is 0 Å². The van der Waals surface area contributed by atoms with Crippen molar-refractivity contribution in [2.75, 3.05) is 0 Å². The summed E-state index contributed by atoms with van der Waals surface area (Å²) >= 11 is -12.9. The summed E-state index contributed by atoms with van der Waals surface area (Å²) < 4.78 is 81.8. The second-order valence-electron chi connectivity index (χ2n) is 1.95. The van der Waals surface area contributed by atoms with Gasteiger partial charge in [0.25, 0.3) is 0 Å². The van der Waals surface area contributed by atoms with Crippen molar-refractivity contribution in [3.63, 3.8) is 0 Å². The first kappa shape index (κ1) is 26.2. The van der Waals surface area contributed by atoms with Crippen LogP contribution in [0.5, 0.6) is 0 Å². The molecule has 0 unspecified atom stereocenters. The molecule has 0 aliphatic heterocycles. The van der Waals surface area contributed by atoms with Gasteiger partial charge in [0.15, 0.2) is 0 Å². The fraction of sp³-hybridized carbons (Fsp3) is 0. The van der Waals surface area contributed by atoms with Crippen LogP contribution in [0.3, 0.4) is 0 Å². The summed E-state index contributed by atoms with van der Waals surface area (Å²) in [4.78, 5) is 30.8. The van der Waals surface area contributed by atoms with Gasteiger partial charge in [-0.2, -0.15) is 0 Å². The molecule has 0 rings (SSSR count). The molecule has 0 saturated heterocycles. The van der Waals surface area contributed by atoms with E-state index >= 15 is 0 Å². The quantitative estimate of drug-likeness (QED) is 0.156. The van der Waals surface area contributed by atoms with Crippen molar-refractivity contribution in [2.45, 2.75) is 0 Å². The first-order chi connectivity index (χ1) is 7.41. The summed E-state index contributed by atoms with van der Waals surface area (Å²) in [6.07, 6.45) is 0. The van der Waals surface area contributed by atoms with Crippen LogP contribution in [0.4, 0.5) is 0 Å². The van der Waals surface area contributed by atoms with Gasteiger partial charge in [0.2, 0.25) is 0 Å². The second kappa shape index (κ2) is 9.43. The number of hydrogen-bond acceptors (Lipinski definition) is 10. The molecule has 112 valence electrons. The summed E-state index contributed by atoms with van der Waals surface area (Å²) in [5.74, 6) is 0. The molecule has 0 aromatic heterocycles. The summed E-state index contributed by atoms with van der Waals surface area (Å²) in [5, 5.41) is 0. The average molecular weight is 795 g/mol. The minimum atomic E-state index is -6.44. The van der Waals surface area contributed by atoms with E-state index in [9.17, 15) is 30.2 Å². The zero-order valence-electron chi connectivity index (χ0n) is 8.29. The van der Waals surface area contributed by atoms with E-state index in [0.29, 0.717) is 0 Å². The Morgan fingerprint density at radius 2 is 0.895 bits per heavy atom. The van der Waals surface area contributed by atoms with Crippen molar-refractivity contribution in [2.24, 2.45) is 0 Å². The van der Waals surface area contributed by atoms with Crippen LogP contribution in [0.2, 0.25) is 0 Å². The minimum Gasteiger partial charge on any atom is 2.00 e. The van der Waals surface area contributed by atoms with E-state index in [2.05, 4.69) is 6.35 Å². The molecule has 19 heteroatoms. The van der Waals surface area contributed by atoms with E-state index in [1.165, 1.54) is 0 Å². The zero-order chi connectivity index (χ0) is 15.4. The Morgan fingerprint density at radius 3 is 0.895 bits per heavy atom. The maximum absolute atomic E-state index is 9.57. The first-order valence-corrected chi connectivity index (χ1v) is 15.5. The van der Waals surface area contributed by atoms with Crippen molar-refractivity contribution in [1.29, 1.82) is 0 Å². The normalized spacial score (nSPS) is 12.9. The maximum Gasteiger partial charge on any atom is 2.00 e. The molecule has 0 aliphatic rings. The van der Waals surface area contributed by atoms with Gasteiger partial charge in [0.1, 0.15) is 0 Å². The summed E-state index contributed by atoms with van der Waals surface area (Å²) in [7, 11) is -10.3. The van der Waals surface area contributed by atoms with Crippen LogP contribution in [0.1, 0.15) is 0 Å². The van der Waals surface area contributed by atoms with Gasteiger partial charge >= 0.3 is 154 Å². The maximum atomic E-state index is 9.57. The average Bonchev–Trinajstić information content (AvgIpc) is 1.64. The first-order valence-electron chi connectivity index (χ1n) is 2.86. The molecule has 19 heavy (non-hydrogen) atoms. The van der Waals surface area contributed by atoms with Crippen LogP contribution in [0, 0.1) is 0 Å². The van der Waals surface area contributed by atoms with E-state index in [1.807, 2.05) is 0 Å². The molecule has 0 aromatic rings. The monoisotopic (exact) mass is 796 g/mol. The predicted molar refractivity (Wildman–Crippen MR) is 34.8 cm³/mol. The summed E-state index contributed by atoms with van der Waals surface area (Å²) in [6, 6.07) is 0. The van der Waals surface area contributed by atoms with Crippen molar-refractivity contribution < 1.29 is 89.7 Å². The summed E-state index contributed by atoms with van der Waals surface area (Å²) in [5.41, 5.74) is 0. The Morgan fingerprint density at radius 1 is 0.737 bits per heavy atom. The Bertz CT molecular complexity index is 488. The van der Waals surface area contributed by atoms with Crippen molar-refractivity contribution in [3.05, 3.63) is 0 Å². The number of phosphoric acid groups is 2.